The van der Waals surface area contributed by atoms with Gasteiger partial charge >= 0.3 is 12.3 Å². The number of alkyl halides is 3. The van der Waals surface area contributed by atoms with Gasteiger partial charge in [0.1, 0.15) is 12.4 Å². The average Bonchev–Trinajstić information content (AvgIpc) is 2.99. The van der Waals surface area contributed by atoms with Crippen LogP contribution in [-0.2, 0) is 10.9 Å². The highest BCUT2D eigenvalue weighted by molar-refractivity contribution is 5.83. The lowest BCUT2D eigenvalue weighted by molar-refractivity contribution is -0.145. The van der Waals surface area contributed by atoms with Crippen LogP contribution in [0.25, 0.3) is 11.1 Å². The van der Waals surface area contributed by atoms with Crippen molar-refractivity contribution >= 4 is 11.9 Å². The second kappa shape index (κ2) is 7.08. The van der Waals surface area contributed by atoms with Crippen molar-refractivity contribution in [1.29, 1.82) is 0 Å². The lowest BCUT2D eigenvalue weighted by Gasteiger charge is -2.14. The van der Waals surface area contributed by atoms with Crippen LogP contribution >= 0.6 is 0 Å². The molecule has 0 fully saturated rings. The molecule has 6 nitrogen and oxygen atoms in total. The maximum atomic E-state index is 12.7. The first kappa shape index (κ1) is 18.7. The van der Waals surface area contributed by atoms with E-state index in [9.17, 15) is 22.8 Å². The smallest absolute Gasteiger partial charge is 0.448 e. The highest BCUT2D eigenvalue weighted by Crippen LogP contribution is 2.44. The summed E-state index contributed by atoms with van der Waals surface area (Å²) in [6.07, 6.45) is -5.85. The van der Waals surface area contributed by atoms with Gasteiger partial charge in [-0.05, 0) is 22.3 Å². The van der Waals surface area contributed by atoms with Gasteiger partial charge < -0.3 is 9.72 Å². The minimum Gasteiger partial charge on any atom is -0.448 e. The third-order valence-corrected chi connectivity index (χ3v) is 4.58. The summed E-state index contributed by atoms with van der Waals surface area (Å²) in [4.78, 5) is 28.3. The number of amides is 1. The van der Waals surface area contributed by atoms with Crippen molar-refractivity contribution in [2.24, 2.45) is 0 Å². The van der Waals surface area contributed by atoms with E-state index in [2.05, 4.69) is 10.3 Å². The van der Waals surface area contributed by atoms with E-state index in [0.717, 1.165) is 28.3 Å². The molecular formula is C20H14F3N3O3. The highest BCUT2D eigenvalue weighted by Gasteiger charge is 2.34. The van der Waals surface area contributed by atoms with Crippen molar-refractivity contribution in [3.63, 3.8) is 0 Å². The first-order valence-corrected chi connectivity index (χ1v) is 8.63. The predicted octanol–water partition coefficient (Wildman–Crippen LogP) is 4.15. The van der Waals surface area contributed by atoms with Crippen molar-refractivity contribution in [1.82, 2.24) is 9.97 Å². The van der Waals surface area contributed by atoms with Crippen molar-refractivity contribution < 1.29 is 22.7 Å². The normalized spacial score (nSPS) is 12.9. The molecule has 1 amide bonds. The standard InChI is InChI=1S/C20H14F3N3O3/c21-20(22,23)18-24-16(9-17(27)26-18)25-19(28)29-10-15-13-7-3-1-5-11(13)12-6-2-4-8-14(12)15/h1-9,15H,10H2,(H2,24,25,26,27,28). The van der Waals surface area contributed by atoms with E-state index < -0.39 is 29.5 Å². The van der Waals surface area contributed by atoms with Gasteiger partial charge in [0.05, 0.1) is 0 Å². The van der Waals surface area contributed by atoms with Gasteiger partial charge in [-0.2, -0.15) is 13.2 Å². The Hall–Kier alpha value is -3.62. The Kier molecular flexibility index (Phi) is 4.57. The molecule has 29 heavy (non-hydrogen) atoms. The van der Waals surface area contributed by atoms with Crippen LogP contribution in [0.4, 0.5) is 23.8 Å². The third-order valence-electron chi connectivity index (χ3n) is 4.58. The first-order valence-electron chi connectivity index (χ1n) is 8.63. The molecule has 3 aromatic rings. The number of fused-ring (bicyclic) bond motifs is 3. The van der Waals surface area contributed by atoms with Crippen LogP contribution < -0.4 is 10.9 Å². The molecular weight excluding hydrogens is 387 g/mol. The second-order valence-electron chi connectivity index (χ2n) is 6.43. The number of nitrogens with one attached hydrogen (secondary N) is 2. The molecule has 0 saturated carbocycles. The fourth-order valence-electron chi connectivity index (χ4n) is 3.39. The molecule has 0 unspecified atom stereocenters. The number of rotatable bonds is 3. The number of hydrogen-bond acceptors (Lipinski definition) is 4. The van der Waals surface area contributed by atoms with E-state index in [1.54, 1.807) is 4.98 Å². The summed E-state index contributed by atoms with van der Waals surface area (Å²) < 4.78 is 43.5. The molecule has 1 aliphatic rings. The zero-order valence-corrected chi connectivity index (χ0v) is 14.8. The third kappa shape index (κ3) is 3.71. The number of aromatic nitrogens is 2. The van der Waals surface area contributed by atoms with Gasteiger partial charge in [0, 0.05) is 12.0 Å². The Balaban J connectivity index is 1.50. The van der Waals surface area contributed by atoms with Gasteiger partial charge in [-0.25, -0.2) is 9.78 Å². The van der Waals surface area contributed by atoms with Crippen LogP contribution in [0.3, 0.4) is 0 Å². The van der Waals surface area contributed by atoms with Crippen LogP contribution in [0.15, 0.2) is 59.4 Å². The lowest BCUT2D eigenvalue weighted by atomic mass is 9.98. The summed E-state index contributed by atoms with van der Waals surface area (Å²) in [5, 5.41) is 2.07. The van der Waals surface area contributed by atoms with E-state index in [4.69, 9.17) is 4.74 Å². The average molecular weight is 401 g/mol. The SMILES string of the molecule is O=C(Nc1cc(=O)[nH]c(C(F)(F)F)n1)OCC1c2ccccc2-c2ccccc21. The molecule has 1 aromatic heterocycles. The Morgan fingerprint density at radius 2 is 1.66 bits per heavy atom. The largest absolute Gasteiger partial charge is 0.449 e. The van der Waals surface area contributed by atoms with Crippen LogP contribution in [0.5, 0.6) is 0 Å². The van der Waals surface area contributed by atoms with Crippen molar-refractivity contribution in [2.45, 2.75) is 12.1 Å². The van der Waals surface area contributed by atoms with Crippen molar-refractivity contribution in [3.8, 4) is 11.1 Å². The zero-order valence-electron chi connectivity index (χ0n) is 14.8. The van der Waals surface area contributed by atoms with Crippen LogP contribution in [0.2, 0.25) is 0 Å². The number of hydrogen-bond donors (Lipinski definition) is 2. The summed E-state index contributed by atoms with van der Waals surface area (Å²) in [6.45, 7) is -0.0187. The molecule has 0 saturated heterocycles. The molecule has 0 spiro atoms. The molecule has 4 rings (SSSR count). The van der Waals surface area contributed by atoms with Gasteiger partial charge in [-0.1, -0.05) is 48.5 Å². The minimum absolute atomic E-state index is 0.0187. The molecule has 2 aromatic carbocycles. The van der Waals surface area contributed by atoms with Gasteiger partial charge in [0.25, 0.3) is 5.56 Å². The number of H-pyrrole nitrogens is 1. The maximum absolute atomic E-state index is 12.7. The summed E-state index contributed by atoms with van der Waals surface area (Å²) in [6, 6.07) is 16.2. The number of carbonyl (C=O) groups is 1. The summed E-state index contributed by atoms with van der Waals surface area (Å²) >= 11 is 0. The van der Waals surface area contributed by atoms with E-state index in [0.29, 0.717) is 0 Å². The lowest BCUT2D eigenvalue weighted by Crippen LogP contribution is -2.23. The molecule has 1 heterocycles. The number of anilines is 1. The van der Waals surface area contributed by atoms with Crippen molar-refractivity contribution in [2.75, 3.05) is 11.9 Å². The summed E-state index contributed by atoms with van der Waals surface area (Å²) in [5.74, 6) is -2.25. The molecule has 1 aliphatic carbocycles. The number of aromatic amines is 1. The molecule has 0 atom stereocenters. The maximum Gasteiger partial charge on any atom is 0.449 e. The van der Waals surface area contributed by atoms with E-state index in [-0.39, 0.29) is 12.5 Å². The topological polar surface area (TPSA) is 84.1 Å². The van der Waals surface area contributed by atoms with Gasteiger partial charge in [-0.15, -0.1) is 0 Å². The number of halogens is 3. The van der Waals surface area contributed by atoms with Gasteiger partial charge in [0.2, 0.25) is 5.82 Å². The van der Waals surface area contributed by atoms with Crippen LogP contribution in [0, 0.1) is 0 Å². The summed E-state index contributed by atoms with van der Waals surface area (Å²) in [5.41, 5.74) is 3.04. The monoisotopic (exact) mass is 401 g/mol. The quantitative estimate of drug-likeness (QED) is 0.691. The molecule has 2 N–H and O–H groups in total. The van der Waals surface area contributed by atoms with Crippen LogP contribution in [0.1, 0.15) is 22.9 Å². The summed E-state index contributed by atoms with van der Waals surface area (Å²) in [7, 11) is 0. The van der Waals surface area contributed by atoms with E-state index >= 15 is 0 Å². The van der Waals surface area contributed by atoms with Crippen molar-refractivity contribution in [3.05, 3.63) is 81.9 Å². The number of nitrogens with zero attached hydrogens (tertiary/aromatic N) is 1. The Morgan fingerprint density at radius 1 is 1.07 bits per heavy atom. The fourth-order valence-corrected chi connectivity index (χ4v) is 3.39. The van der Waals surface area contributed by atoms with E-state index in [1.807, 2.05) is 48.5 Å². The minimum atomic E-state index is -4.85. The second-order valence-corrected chi connectivity index (χ2v) is 6.43. The molecule has 0 radical (unpaired) electrons. The molecule has 0 bridgehead atoms. The van der Waals surface area contributed by atoms with Gasteiger partial charge in [0.15, 0.2) is 0 Å². The Morgan fingerprint density at radius 3 is 2.24 bits per heavy atom. The predicted molar refractivity (Wildman–Crippen MR) is 98.6 cm³/mol. The highest BCUT2D eigenvalue weighted by atomic mass is 19.4. The number of ether oxygens (including phenoxy) is 1. The Bertz CT molecular complexity index is 1100. The fraction of sp³-hybridized carbons (Fsp3) is 0.150. The molecule has 9 heteroatoms. The van der Waals surface area contributed by atoms with Gasteiger partial charge in [-0.3, -0.25) is 10.1 Å². The number of benzene rings is 2. The molecule has 148 valence electrons. The number of carbonyl (C=O) groups excluding carboxylic acids is 1. The first-order chi connectivity index (χ1) is 13.8. The molecule has 0 aliphatic heterocycles. The Labute approximate surface area is 162 Å². The van der Waals surface area contributed by atoms with Crippen LogP contribution in [-0.4, -0.2) is 22.7 Å². The van der Waals surface area contributed by atoms with E-state index in [1.165, 1.54) is 0 Å². The zero-order chi connectivity index (χ0) is 20.6.